The number of fused-ring (bicyclic) bond motifs is 3. The van der Waals surface area contributed by atoms with Gasteiger partial charge in [-0.1, -0.05) is 146 Å². The highest BCUT2D eigenvalue weighted by molar-refractivity contribution is 6.17. The summed E-state index contributed by atoms with van der Waals surface area (Å²) in [5.41, 5.74) is 11.4. The van der Waals surface area contributed by atoms with Gasteiger partial charge in [0.05, 0.1) is 11.0 Å². The van der Waals surface area contributed by atoms with E-state index in [0.717, 1.165) is 39.6 Å². The number of nitrogens with zero attached hydrogens (tertiary/aromatic N) is 4. The van der Waals surface area contributed by atoms with Crippen molar-refractivity contribution < 1.29 is 0 Å². The predicted octanol–water partition coefficient (Wildman–Crippen LogP) is 11.0. The third kappa shape index (κ3) is 5.19. The Labute approximate surface area is 292 Å². The minimum absolute atomic E-state index is 0.203. The Bertz CT molecular complexity index is 2530. The molecule has 0 amide bonds. The molecule has 0 spiro atoms. The Balaban J connectivity index is 1.24. The summed E-state index contributed by atoms with van der Waals surface area (Å²) in [6, 6.07) is 64.4. The lowest BCUT2D eigenvalue weighted by atomic mass is 9.96. The first-order valence-corrected chi connectivity index (χ1v) is 17.0. The molecule has 1 aromatic heterocycles. The van der Waals surface area contributed by atoms with Crippen LogP contribution in [0, 0.1) is 0 Å². The molecule has 1 aliphatic heterocycles. The first-order chi connectivity index (χ1) is 24.7. The molecule has 4 heteroatoms. The summed E-state index contributed by atoms with van der Waals surface area (Å²) < 4.78 is 2.39. The molecule has 0 saturated carbocycles. The van der Waals surface area contributed by atoms with Crippen LogP contribution in [0.25, 0.3) is 49.7 Å². The van der Waals surface area contributed by atoms with Crippen molar-refractivity contribution in [3.05, 3.63) is 199 Å². The third-order valence-electron chi connectivity index (χ3n) is 9.63. The molecule has 0 radical (unpaired) electrons. The molecule has 0 aliphatic carbocycles. The van der Waals surface area contributed by atoms with Crippen LogP contribution in [0.3, 0.4) is 0 Å². The van der Waals surface area contributed by atoms with Crippen LogP contribution >= 0.6 is 0 Å². The second-order valence-corrected chi connectivity index (χ2v) is 12.7. The standard InChI is InChI=1S/C46H34N4/c1-49-45(34-20-10-4-11-21-34)47-44(33-18-8-3-9-19-33)48-46(49)37-23-14-22-36(30-37)39-26-15-27-42-43(39)40-31-35(32-16-6-2-7-17-32)28-29-41(40)50(42)38-24-12-5-13-25-38/h2-31,45H,1H3. The molecule has 0 N–H and O–H groups in total. The van der Waals surface area contributed by atoms with Crippen LogP contribution in [0.4, 0.5) is 0 Å². The molecule has 9 rings (SSSR count). The predicted molar refractivity (Wildman–Crippen MR) is 208 cm³/mol. The lowest BCUT2D eigenvalue weighted by Gasteiger charge is -2.32. The number of benzene rings is 7. The van der Waals surface area contributed by atoms with Gasteiger partial charge in [0, 0.05) is 34.6 Å². The number of hydrogen-bond acceptors (Lipinski definition) is 3. The smallest absolute Gasteiger partial charge is 0.159 e. The van der Waals surface area contributed by atoms with Crippen molar-refractivity contribution in [1.29, 1.82) is 0 Å². The Morgan fingerprint density at radius 2 is 1.10 bits per heavy atom. The molecule has 8 aromatic rings. The largest absolute Gasteiger partial charge is 0.333 e. The van der Waals surface area contributed by atoms with E-state index in [9.17, 15) is 0 Å². The molecule has 1 atom stereocenters. The lowest BCUT2D eigenvalue weighted by Crippen LogP contribution is -2.35. The first kappa shape index (κ1) is 29.6. The van der Waals surface area contributed by atoms with Crippen molar-refractivity contribution >= 4 is 33.5 Å². The van der Waals surface area contributed by atoms with E-state index in [2.05, 4.69) is 174 Å². The van der Waals surface area contributed by atoms with Crippen LogP contribution in [-0.2, 0) is 0 Å². The molecule has 0 saturated heterocycles. The molecule has 0 bridgehead atoms. The molecule has 238 valence electrons. The molecule has 50 heavy (non-hydrogen) atoms. The fourth-order valence-electron chi connectivity index (χ4n) is 7.25. The van der Waals surface area contributed by atoms with Crippen LogP contribution in [0.5, 0.6) is 0 Å². The fourth-order valence-corrected chi connectivity index (χ4v) is 7.25. The van der Waals surface area contributed by atoms with Crippen molar-refractivity contribution in [2.45, 2.75) is 6.17 Å². The summed E-state index contributed by atoms with van der Waals surface area (Å²) in [6.07, 6.45) is -0.203. The summed E-state index contributed by atoms with van der Waals surface area (Å²) in [4.78, 5) is 12.5. The number of aliphatic imine (C=N–C) groups is 2. The Morgan fingerprint density at radius 1 is 0.480 bits per heavy atom. The molecule has 1 aliphatic rings. The van der Waals surface area contributed by atoms with E-state index in [-0.39, 0.29) is 6.17 Å². The van der Waals surface area contributed by atoms with Crippen molar-refractivity contribution in [2.24, 2.45) is 9.98 Å². The van der Waals surface area contributed by atoms with Crippen LogP contribution in [0.2, 0.25) is 0 Å². The number of rotatable bonds is 6. The van der Waals surface area contributed by atoms with E-state index in [4.69, 9.17) is 9.98 Å². The van der Waals surface area contributed by atoms with Gasteiger partial charge in [0.25, 0.3) is 0 Å². The Kier molecular flexibility index (Phi) is 7.40. The minimum atomic E-state index is -0.203. The summed E-state index contributed by atoms with van der Waals surface area (Å²) >= 11 is 0. The van der Waals surface area contributed by atoms with Crippen LogP contribution in [0.1, 0.15) is 22.9 Å². The molecule has 1 unspecified atom stereocenters. The second-order valence-electron chi connectivity index (χ2n) is 12.7. The maximum atomic E-state index is 5.20. The highest BCUT2D eigenvalue weighted by atomic mass is 15.3. The SMILES string of the molecule is CN1C(c2cccc(-c3cccc4c3c3cc(-c5ccccc5)ccc3n4-c3ccccc3)c2)=NC(c2ccccc2)=NC1c1ccccc1. The molecule has 0 fully saturated rings. The molecular formula is C46H34N4. The van der Waals surface area contributed by atoms with Crippen molar-refractivity contribution in [3.8, 4) is 27.9 Å². The quantitative estimate of drug-likeness (QED) is 0.178. The second kappa shape index (κ2) is 12.5. The number of amidine groups is 2. The number of aromatic nitrogens is 1. The van der Waals surface area contributed by atoms with Gasteiger partial charge < -0.3 is 9.47 Å². The van der Waals surface area contributed by atoms with Crippen LogP contribution in [0.15, 0.2) is 192 Å². The average Bonchev–Trinajstić information content (AvgIpc) is 3.53. The average molecular weight is 643 g/mol. The highest BCUT2D eigenvalue weighted by Crippen LogP contribution is 2.40. The highest BCUT2D eigenvalue weighted by Gasteiger charge is 2.27. The zero-order chi connectivity index (χ0) is 33.4. The molecule has 4 nitrogen and oxygen atoms in total. The Hall–Kier alpha value is -6.52. The molecule has 2 heterocycles. The van der Waals surface area contributed by atoms with Crippen molar-refractivity contribution in [3.63, 3.8) is 0 Å². The zero-order valence-corrected chi connectivity index (χ0v) is 27.7. The zero-order valence-electron chi connectivity index (χ0n) is 27.7. The van der Waals surface area contributed by atoms with E-state index < -0.39 is 0 Å². The van der Waals surface area contributed by atoms with Gasteiger partial charge in [0.2, 0.25) is 0 Å². The normalized spacial score (nSPS) is 14.5. The van der Waals surface area contributed by atoms with E-state index in [1.165, 1.54) is 38.5 Å². The van der Waals surface area contributed by atoms with Gasteiger partial charge in [0.15, 0.2) is 5.84 Å². The van der Waals surface area contributed by atoms with Crippen LogP contribution in [-0.4, -0.2) is 28.2 Å². The van der Waals surface area contributed by atoms with Gasteiger partial charge in [-0.2, -0.15) is 0 Å². The van der Waals surface area contributed by atoms with E-state index in [1.54, 1.807) is 0 Å². The van der Waals surface area contributed by atoms with Gasteiger partial charge in [-0.05, 0) is 64.2 Å². The molecule has 7 aromatic carbocycles. The topological polar surface area (TPSA) is 32.9 Å². The number of para-hydroxylation sites is 1. The maximum absolute atomic E-state index is 5.20. The summed E-state index contributed by atoms with van der Waals surface area (Å²) in [5.74, 6) is 1.62. The van der Waals surface area contributed by atoms with Gasteiger partial charge in [-0.15, -0.1) is 0 Å². The third-order valence-corrected chi connectivity index (χ3v) is 9.63. The summed E-state index contributed by atoms with van der Waals surface area (Å²) in [6.45, 7) is 0. The minimum Gasteiger partial charge on any atom is -0.333 e. The first-order valence-electron chi connectivity index (χ1n) is 17.0. The monoisotopic (exact) mass is 642 g/mol. The van der Waals surface area contributed by atoms with Gasteiger partial charge in [0.1, 0.15) is 12.0 Å². The van der Waals surface area contributed by atoms with Gasteiger partial charge in [-0.25, -0.2) is 9.98 Å². The van der Waals surface area contributed by atoms with E-state index >= 15 is 0 Å². The van der Waals surface area contributed by atoms with Crippen molar-refractivity contribution in [2.75, 3.05) is 7.05 Å². The van der Waals surface area contributed by atoms with E-state index in [0.29, 0.717) is 0 Å². The molecular weight excluding hydrogens is 609 g/mol. The summed E-state index contributed by atoms with van der Waals surface area (Å²) in [5, 5.41) is 2.45. The Morgan fingerprint density at radius 3 is 1.84 bits per heavy atom. The lowest BCUT2D eigenvalue weighted by molar-refractivity contribution is 0.383. The van der Waals surface area contributed by atoms with Crippen molar-refractivity contribution in [1.82, 2.24) is 9.47 Å². The fraction of sp³-hybridized carbons (Fsp3) is 0.0435. The van der Waals surface area contributed by atoms with Crippen LogP contribution < -0.4 is 0 Å². The van der Waals surface area contributed by atoms with Gasteiger partial charge in [-0.3, -0.25) is 0 Å². The van der Waals surface area contributed by atoms with E-state index in [1.807, 2.05) is 24.3 Å². The summed E-state index contributed by atoms with van der Waals surface area (Å²) in [7, 11) is 2.09. The van der Waals surface area contributed by atoms with Gasteiger partial charge >= 0.3 is 0 Å². The number of hydrogen-bond donors (Lipinski definition) is 0. The maximum Gasteiger partial charge on any atom is 0.159 e.